The Morgan fingerprint density at radius 2 is 2.30 bits per heavy atom. The van der Waals surface area contributed by atoms with E-state index in [-0.39, 0.29) is 12.1 Å². The maximum atomic E-state index is 11.9. The summed E-state index contributed by atoms with van der Waals surface area (Å²) in [5.74, 6) is 3.96. The van der Waals surface area contributed by atoms with Gasteiger partial charge < -0.3 is 20.1 Å². The lowest BCUT2D eigenvalue weighted by Gasteiger charge is -2.26. The topological polar surface area (TPSA) is 59.6 Å². The molecule has 1 heterocycles. The van der Waals surface area contributed by atoms with Gasteiger partial charge in [0.25, 0.3) is 0 Å². The van der Waals surface area contributed by atoms with Crippen molar-refractivity contribution < 1.29 is 14.3 Å². The number of benzene rings is 1. The van der Waals surface area contributed by atoms with Crippen molar-refractivity contribution in [2.24, 2.45) is 0 Å². The summed E-state index contributed by atoms with van der Waals surface area (Å²) in [5.41, 5.74) is 1.07. The molecule has 23 heavy (non-hydrogen) atoms. The van der Waals surface area contributed by atoms with Crippen LogP contribution in [0.2, 0.25) is 0 Å². The van der Waals surface area contributed by atoms with Crippen LogP contribution in [0.4, 0.5) is 4.79 Å². The van der Waals surface area contributed by atoms with Crippen molar-refractivity contribution in [3.8, 4) is 11.5 Å². The molecule has 1 aromatic carbocycles. The minimum absolute atomic E-state index is 0.0101. The van der Waals surface area contributed by atoms with Crippen molar-refractivity contribution in [3.63, 3.8) is 0 Å². The summed E-state index contributed by atoms with van der Waals surface area (Å²) < 4.78 is 10.9. The monoisotopic (exact) mass is 338 g/mol. The average molecular weight is 338 g/mol. The van der Waals surface area contributed by atoms with Crippen molar-refractivity contribution >= 4 is 17.8 Å². The Morgan fingerprint density at radius 3 is 3.09 bits per heavy atom. The van der Waals surface area contributed by atoms with Gasteiger partial charge in [0.15, 0.2) is 0 Å². The zero-order valence-electron chi connectivity index (χ0n) is 13.9. The summed E-state index contributed by atoms with van der Waals surface area (Å²) >= 11 is 1.93. The lowest BCUT2D eigenvalue weighted by atomic mass is 10.0. The van der Waals surface area contributed by atoms with Crippen LogP contribution in [0.15, 0.2) is 18.2 Å². The summed E-state index contributed by atoms with van der Waals surface area (Å²) in [7, 11) is 1.65. The van der Waals surface area contributed by atoms with Crippen LogP contribution in [0.3, 0.4) is 0 Å². The van der Waals surface area contributed by atoms with Crippen LogP contribution in [0.25, 0.3) is 0 Å². The van der Waals surface area contributed by atoms with Crippen molar-refractivity contribution in [2.75, 3.05) is 31.8 Å². The van der Waals surface area contributed by atoms with Gasteiger partial charge in [-0.25, -0.2) is 4.79 Å². The number of hydrogen-bond acceptors (Lipinski definition) is 4. The molecule has 1 aliphatic heterocycles. The first kappa shape index (κ1) is 17.8. The molecule has 0 saturated carbocycles. The first-order chi connectivity index (χ1) is 11.2. The molecule has 1 aliphatic rings. The number of hydrogen-bond donors (Lipinski definition) is 2. The fraction of sp³-hybridized carbons (Fsp3) is 0.588. The molecule has 128 valence electrons. The minimum Gasteiger partial charge on any atom is -0.497 e. The number of urea groups is 1. The highest BCUT2D eigenvalue weighted by molar-refractivity contribution is 7.99. The van der Waals surface area contributed by atoms with Crippen molar-refractivity contribution in [2.45, 2.75) is 32.2 Å². The summed E-state index contributed by atoms with van der Waals surface area (Å²) in [6.45, 7) is 3.39. The van der Waals surface area contributed by atoms with Gasteiger partial charge in [-0.3, -0.25) is 0 Å². The third-order valence-electron chi connectivity index (χ3n) is 3.61. The molecule has 0 unspecified atom stereocenters. The van der Waals surface area contributed by atoms with Gasteiger partial charge >= 0.3 is 6.03 Å². The van der Waals surface area contributed by atoms with E-state index in [1.165, 1.54) is 12.2 Å². The predicted octanol–water partition coefficient (Wildman–Crippen LogP) is 2.83. The largest absolute Gasteiger partial charge is 0.497 e. The third-order valence-corrected chi connectivity index (χ3v) is 4.88. The van der Waals surface area contributed by atoms with Crippen LogP contribution < -0.4 is 20.1 Å². The molecule has 0 spiro atoms. The van der Waals surface area contributed by atoms with Gasteiger partial charge in [0, 0.05) is 6.54 Å². The SMILES string of the molecule is CCCSCCCNC(=O)N[C@@H]1COc2ccc(OC)cc2C1. The number of carbonyl (C=O) groups is 1. The van der Waals surface area contributed by atoms with E-state index >= 15 is 0 Å². The molecule has 0 bridgehead atoms. The quantitative estimate of drug-likeness (QED) is 0.716. The second-order valence-corrected chi connectivity index (χ2v) is 6.78. The van der Waals surface area contributed by atoms with Crippen molar-refractivity contribution in [1.29, 1.82) is 0 Å². The first-order valence-electron chi connectivity index (χ1n) is 8.14. The molecular weight excluding hydrogens is 312 g/mol. The van der Waals surface area contributed by atoms with Gasteiger partial charge in [0.2, 0.25) is 0 Å². The van der Waals surface area contributed by atoms with Gasteiger partial charge in [-0.05, 0) is 54.5 Å². The van der Waals surface area contributed by atoms with E-state index in [0.29, 0.717) is 13.2 Å². The van der Waals surface area contributed by atoms with E-state index in [1.807, 2.05) is 30.0 Å². The van der Waals surface area contributed by atoms with Gasteiger partial charge in [0.1, 0.15) is 18.1 Å². The Morgan fingerprint density at radius 1 is 1.43 bits per heavy atom. The molecule has 0 aromatic heterocycles. The maximum absolute atomic E-state index is 11.9. The van der Waals surface area contributed by atoms with E-state index in [2.05, 4.69) is 17.6 Å². The highest BCUT2D eigenvalue weighted by Crippen LogP contribution is 2.28. The predicted molar refractivity (Wildman–Crippen MR) is 94.7 cm³/mol. The number of methoxy groups -OCH3 is 1. The van der Waals surface area contributed by atoms with Crippen LogP contribution in [0.5, 0.6) is 11.5 Å². The second kappa shape index (κ2) is 9.55. The minimum atomic E-state index is -0.120. The normalized spacial score (nSPS) is 16.2. The number of fused-ring (bicyclic) bond motifs is 1. The van der Waals surface area contributed by atoms with Crippen LogP contribution in [-0.2, 0) is 6.42 Å². The van der Waals surface area contributed by atoms with Crippen LogP contribution >= 0.6 is 11.8 Å². The van der Waals surface area contributed by atoms with E-state index in [9.17, 15) is 4.79 Å². The van der Waals surface area contributed by atoms with Gasteiger partial charge in [-0.1, -0.05) is 6.92 Å². The van der Waals surface area contributed by atoms with E-state index in [1.54, 1.807) is 7.11 Å². The standard InChI is InChI=1S/C17H26N2O3S/c1-3-8-23-9-4-7-18-17(20)19-14-10-13-11-15(21-2)5-6-16(13)22-12-14/h5-6,11,14H,3-4,7-10,12H2,1-2H3,(H2,18,19,20)/t14-/m0/s1. The highest BCUT2D eigenvalue weighted by Gasteiger charge is 2.21. The molecule has 0 fully saturated rings. The van der Waals surface area contributed by atoms with E-state index in [0.717, 1.165) is 35.7 Å². The number of amides is 2. The lowest BCUT2D eigenvalue weighted by molar-refractivity contribution is 0.214. The number of thioether (sulfide) groups is 1. The molecule has 0 radical (unpaired) electrons. The first-order valence-corrected chi connectivity index (χ1v) is 9.30. The van der Waals surface area contributed by atoms with Gasteiger partial charge in [-0.15, -0.1) is 0 Å². The number of rotatable bonds is 8. The van der Waals surface area contributed by atoms with Crippen LogP contribution in [-0.4, -0.2) is 43.8 Å². The maximum Gasteiger partial charge on any atom is 0.315 e. The Hall–Kier alpha value is -1.56. The summed E-state index contributed by atoms with van der Waals surface area (Å²) in [5, 5.41) is 5.89. The fourth-order valence-corrected chi connectivity index (χ4v) is 3.29. The molecule has 0 aliphatic carbocycles. The highest BCUT2D eigenvalue weighted by atomic mass is 32.2. The van der Waals surface area contributed by atoms with Gasteiger partial charge in [0.05, 0.1) is 13.2 Å². The van der Waals surface area contributed by atoms with Crippen molar-refractivity contribution in [1.82, 2.24) is 10.6 Å². The molecule has 2 N–H and O–H groups in total. The Balaban J connectivity index is 1.70. The molecule has 2 amide bonds. The molecule has 1 aromatic rings. The molecule has 1 atom stereocenters. The van der Waals surface area contributed by atoms with Crippen LogP contribution in [0, 0.1) is 0 Å². The van der Waals surface area contributed by atoms with Crippen LogP contribution in [0.1, 0.15) is 25.3 Å². The number of ether oxygens (including phenoxy) is 2. The Kier molecular flexibility index (Phi) is 7.39. The lowest BCUT2D eigenvalue weighted by Crippen LogP contribution is -2.47. The molecule has 0 saturated heterocycles. The molecule has 6 heteroatoms. The fourth-order valence-electron chi connectivity index (χ4n) is 2.45. The van der Waals surface area contributed by atoms with Crippen molar-refractivity contribution in [3.05, 3.63) is 23.8 Å². The smallest absolute Gasteiger partial charge is 0.315 e. The molecule has 5 nitrogen and oxygen atoms in total. The molecule has 2 rings (SSSR count). The zero-order valence-corrected chi connectivity index (χ0v) is 14.7. The Labute approximate surface area is 142 Å². The van der Waals surface area contributed by atoms with Gasteiger partial charge in [-0.2, -0.15) is 11.8 Å². The summed E-state index contributed by atoms with van der Waals surface area (Å²) in [4.78, 5) is 11.9. The summed E-state index contributed by atoms with van der Waals surface area (Å²) in [6.07, 6.45) is 2.96. The van der Waals surface area contributed by atoms with E-state index in [4.69, 9.17) is 9.47 Å². The average Bonchev–Trinajstić information content (AvgIpc) is 2.57. The van der Waals surface area contributed by atoms with E-state index < -0.39 is 0 Å². The Bertz CT molecular complexity index is 511. The number of carbonyl (C=O) groups excluding carboxylic acids is 1. The zero-order chi connectivity index (χ0) is 16.5. The third kappa shape index (κ3) is 5.86. The summed E-state index contributed by atoms with van der Waals surface area (Å²) in [6, 6.07) is 5.63. The second-order valence-electron chi connectivity index (χ2n) is 5.55. The number of nitrogens with one attached hydrogen (secondary N) is 2. The molecular formula is C17H26N2O3S.